The summed E-state index contributed by atoms with van der Waals surface area (Å²) in [5, 5.41) is 6.94. The summed E-state index contributed by atoms with van der Waals surface area (Å²) in [5.74, 6) is -0.379. The minimum Gasteiger partial charge on any atom is -0.454 e. The summed E-state index contributed by atoms with van der Waals surface area (Å²) in [4.78, 5) is 25.7. The van der Waals surface area contributed by atoms with E-state index in [1.165, 1.54) is 17.5 Å². The Balaban J connectivity index is 1.45. The molecule has 178 valence electrons. The van der Waals surface area contributed by atoms with Crippen molar-refractivity contribution < 1.29 is 14.3 Å². The summed E-state index contributed by atoms with van der Waals surface area (Å²) >= 11 is 0. The van der Waals surface area contributed by atoms with Crippen molar-refractivity contribution in [1.29, 1.82) is 0 Å². The third kappa shape index (κ3) is 4.59. The van der Waals surface area contributed by atoms with E-state index in [0.717, 1.165) is 41.0 Å². The molecule has 5 nitrogen and oxygen atoms in total. The molecule has 1 heterocycles. The molecule has 3 aromatic carbocycles. The third-order valence-electron chi connectivity index (χ3n) is 6.96. The van der Waals surface area contributed by atoms with Gasteiger partial charge in [0.05, 0.1) is 23.0 Å². The van der Waals surface area contributed by atoms with E-state index < -0.39 is 5.97 Å². The fourth-order valence-electron chi connectivity index (χ4n) is 5.12. The van der Waals surface area contributed by atoms with Crippen LogP contribution in [-0.2, 0) is 22.4 Å². The van der Waals surface area contributed by atoms with E-state index in [9.17, 15) is 9.59 Å². The Bertz CT molecular complexity index is 1330. The maximum atomic E-state index is 12.9. The number of rotatable bonds is 5. The van der Waals surface area contributed by atoms with Gasteiger partial charge in [-0.1, -0.05) is 48.5 Å². The van der Waals surface area contributed by atoms with Gasteiger partial charge in [0.15, 0.2) is 5.78 Å². The first-order valence-corrected chi connectivity index (χ1v) is 12.2. The topological polar surface area (TPSA) is 67.4 Å². The largest absolute Gasteiger partial charge is 0.454 e. The highest BCUT2D eigenvalue weighted by molar-refractivity contribution is 5.99. The van der Waals surface area contributed by atoms with Gasteiger partial charge in [-0.15, -0.1) is 0 Å². The van der Waals surface area contributed by atoms with Crippen molar-refractivity contribution in [1.82, 2.24) is 0 Å². The van der Waals surface area contributed by atoms with Crippen LogP contribution in [0.1, 0.15) is 71.9 Å². The molecule has 0 saturated heterocycles. The van der Waals surface area contributed by atoms with Crippen molar-refractivity contribution in [2.75, 3.05) is 10.6 Å². The molecule has 1 aliphatic carbocycles. The van der Waals surface area contributed by atoms with Crippen molar-refractivity contribution in [2.45, 2.75) is 52.2 Å². The van der Waals surface area contributed by atoms with Gasteiger partial charge in [-0.05, 0) is 80.5 Å². The lowest BCUT2D eigenvalue weighted by Crippen LogP contribution is -2.19. The molecular weight excluding hydrogens is 436 g/mol. The molecule has 2 atom stereocenters. The first-order chi connectivity index (χ1) is 16.9. The van der Waals surface area contributed by atoms with Crippen LogP contribution in [0.15, 0.2) is 78.0 Å². The molecule has 0 spiro atoms. The number of allylic oxidation sites excluding steroid dienone is 1. The molecule has 5 rings (SSSR count). The second kappa shape index (κ2) is 9.41. The molecule has 0 amide bonds. The van der Waals surface area contributed by atoms with Gasteiger partial charge in [0, 0.05) is 11.3 Å². The summed E-state index contributed by atoms with van der Waals surface area (Å²) in [7, 11) is 0. The fourth-order valence-corrected chi connectivity index (χ4v) is 5.12. The van der Waals surface area contributed by atoms with Gasteiger partial charge in [-0.3, -0.25) is 4.79 Å². The number of hydrogen-bond donors (Lipinski definition) is 2. The van der Waals surface area contributed by atoms with Crippen molar-refractivity contribution in [3.63, 3.8) is 0 Å². The highest BCUT2D eigenvalue weighted by Crippen LogP contribution is 2.38. The number of ether oxygens (including phenoxy) is 1. The van der Waals surface area contributed by atoms with Crippen LogP contribution in [-0.4, -0.2) is 11.8 Å². The van der Waals surface area contributed by atoms with Crippen LogP contribution < -0.4 is 10.6 Å². The zero-order valence-electron chi connectivity index (χ0n) is 20.4. The highest BCUT2D eigenvalue weighted by atomic mass is 16.5. The van der Waals surface area contributed by atoms with Gasteiger partial charge in [-0.25, -0.2) is 4.79 Å². The predicted molar refractivity (Wildman–Crippen MR) is 139 cm³/mol. The lowest BCUT2D eigenvalue weighted by atomic mass is 9.92. The molecule has 2 N–H and O–H groups in total. The van der Waals surface area contributed by atoms with Crippen molar-refractivity contribution in [3.8, 4) is 0 Å². The van der Waals surface area contributed by atoms with Gasteiger partial charge in [-0.2, -0.15) is 0 Å². The number of Topliss-reactive ketones (excluding diaryl/α,β-unsaturated/α-hetero) is 1. The Labute approximate surface area is 206 Å². The molecule has 0 saturated carbocycles. The lowest BCUT2D eigenvalue weighted by molar-refractivity contribution is -0.113. The standard InChI is InChI=1S/C30H30N2O3/c1-18-28(19(2)33)29(24-13-12-22-10-7-11-23(22)16-24)32-26-15-14-25(17-27(26)31-18)30(34)35-20(3)21-8-5-4-6-9-21/h4-6,8-9,12-17,20,29,31-32H,7,10-11H2,1-3H3. The van der Waals surface area contributed by atoms with Gasteiger partial charge < -0.3 is 15.4 Å². The zero-order chi connectivity index (χ0) is 24.5. The number of benzene rings is 3. The monoisotopic (exact) mass is 466 g/mol. The summed E-state index contributed by atoms with van der Waals surface area (Å²) < 4.78 is 5.71. The van der Waals surface area contributed by atoms with Crippen LogP contribution in [0.3, 0.4) is 0 Å². The SMILES string of the molecule is CC(=O)C1=C(C)Nc2cc(C(=O)OC(C)c3ccccc3)ccc2NC1c1ccc2c(c1)CCC2. The molecular formula is C30H30N2O3. The Morgan fingerprint density at radius 1 is 0.943 bits per heavy atom. The van der Waals surface area contributed by atoms with Crippen molar-refractivity contribution >= 4 is 23.1 Å². The molecule has 35 heavy (non-hydrogen) atoms. The number of esters is 1. The van der Waals surface area contributed by atoms with Crippen LogP contribution >= 0.6 is 0 Å². The Hall–Kier alpha value is -3.86. The first kappa shape index (κ1) is 22.9. The third-order valence-corrected chi connectivity index (χ3v) is 6.96. The second-order valence-corrected chi connectivity index (χ2v) is 9.40. The number of carbonyl (C=O) groups excluding carboxylic acids is 2. The molecule has 2 unspecified atom stereocenters. The quantitative estimate of drug-likeness (QED) is 0.418. The Kier molecular flexibility index (Phi) is 6.16. The highest BCUT2D eigenvalue weighted by Gasteiger charge is 2.28. The molecule has 0 bridgehead atoms. The minimum atomic E-state index is -0.390. The van der Waals surface area contributed by atoms with Gasteiger partial charge in [0.1, 0.15) is 6.10 Å². The van der Waals surface area contributed by atoms with Crippen LogP contribution in [0.2, 0.25) is 0 Å². The average Bonchev–Trinajstić information content (AvgIpc) is 3.26. The smallest absolute Gasteiger partial charge is 0.338 e. The van der Waals surface area contributed by atoms with E-state index in [2.05, 4.69) is 28.8 Å². The van der Waals surface area contributed by atoms with Gasteiger partial charge in [0.2, 0.25) is 0 Å². The van der Waals surface area contributed by atoms with E-state index >= 15 is 0 Å². The Morgan fingerprint density at radius 2 is 1.71 bits per heavy atom. The fraction of sp³-hybridized carbons (Fsp3) is 0.267. The van der Waals surface area contributed by atoms with Crippen LogP contribution in [0.25, 0.3) is 0 Å². The van der Waals surface area contributed by atoms with E-state index in [-0.39, 0.29) is 17.9 Å². The molecule has 3 aromatic rings. The van der Waals surface area contributed by atoms with E-state index in [0.29, 0.717) is 11.1 Å². The lowest BCUT2D eigenvalue weighted by Gasteiger charge is -2.22. The summed E-state index contributed by atoms with van der Waals surface area (Å²) in [6.45, 7) is 5.38. The molecule has 1 aliphatic heterocycles. The van der Waals surface area contributed by atoms with Crippen molar-refractivity contribution in [2.24, 2.45) is 0 Å². The summed E-state index contributed by atoms with van der Waals surface area (Å²) in [5.41, 5.74) is 8.28. The number of carbonyl (C=O) groups is 2. The second-order valence-electron chi connectivity index (χ2n) is 9.40. The molecule has 5 heteroatoms. The van der Waals surface area contributed by atoms with Gasteiger partial charge >= 0.3 is 5.97 Å². The van der Waals surface area contributed by atoms with Gasteiger partial charge in [0.25, 0.3) is 0 Å². The molecule has 0 radical (unpaired) electrons. The number of aryl methyl sites for hydroxylation is 2. The first-order valence-electron chi connectivity index (χ1n) is 12.2. The van der Waals surface area contributed by atoms with Crippen molar-refractivity contribution in [3.05, 3.63) is 106 Å². The Morgan fingerprint density at radius 3 is 2.49 bits per heavy atom. The maximum absolute atomic E-state index is 12.9. The number of ketones is 1. The van der Waals surface area contributed by atoms with E-state index in [4.69, 9.17) is 4.74 Å². The molecule has 2 aliphatic rings. The number of nitrogens with one attached hydrogen (secondary N) is 2. The van der Waals surface area contributed by atoms with Crippen LogP contribution in [0, 0.1) is 0 Å². The van der Waals surface area contributed by atoms with Crippen LogP contribution in [0.5, 0.6) is 0 Å². The van der Waals surface area contributed by atoms with E-state index in [1.807, 2.05) is 50.2 Å². The summed E-state index contributed by atoms with van der Waals surface area (Å²) in [6, 6.07) is 21.4. The van der Waals surface area contributed by atoms with E-state index in [1.54, 1.807) is 19.1 Å². The minimum absolute atomic E-state index is 0.0112. The normalized spacial score (nSPS) is 17.4. The predicted octanol–water partition coefficient (Wildman–Crippen LogP) is 6.54. The average molecular weight is 467 g/mol. The maximum Gasteiger partial charge on any atom is 0.338 e. The number of hydrogen-bond acceptors (Lipinski definition) is 5. The molecule has 0 fully saturated rings. The molecule has 0 aromatic heterocycles. The summed E-state index contributed by atoms with van der Waals surface area (Å²) in [6.07, 6.45) is 3.02. The number of fused-ring (bicyclic) bond motifs is 2. The van der Waals surface area contributed by atoms with Crippen LogP contribution in [0.4, 0.5) is 11.4 Å². The zero-order valence-corrected chi connectivity index (χ0v) is 20.4. The number of anilines is 2.